The van der Waals surface area contributed by atoms with Gasteiger partial charge in [-0.1, -0.05) is 13.3 Å². The molecule has 1 amide bonds. The second kappa shape index (κ2) is 6.78. The fourth-order valence-electron chi connectivity index (χ4n) is 0.934. The Morgan fingerprint density at radius 1 is 1.38 bits per heavy atom. The monoisotopic (exact) mass is 247 g/mol. The van der Waals surface area contributed by atoms with Crippen molar-refractivity contribution in [1.82, 2.24) is 4.90 Å². The summed E-state index contributed by atoms with van der Waals surface area (Å²) in [6, 6.07) is 0. The summed E-state index contributed by atoms with van der Waals surface area (Å²) < 4.78 is -0.902. The third-order valence-electron chi connectivity index (χ3n) is 2.34. The fourth-order valence-corrected chi connectivity index (χ4v) is 1.76. The summed E-state index contributed by atoms with van der Waals surface area (Å²) in [6.07, 6.45) is 2.03. The number of carbonyl (C=O) groups is 2. The van der Waals surface area contributed by atoms with E-state index in [1.54, 1.807) is 25.8 Å². The van der Waals surface area contributed by atoms with Crippen LogP contribution in [0.3, 0.4) is 0 Å². The van der Waals surface area contributed by atoms with Crippen LogP contribution < -0.4 is 0 Å². The lowest BCUT2D eigenvalue weighted by Crippen LogP contribution is -2.33. The molecule has 0 saturated carbocycles. The van der Waals surface area contributed by atoms with Crippen molar-refractivity contribution in [3.05, 3.63) is 0 Å². The first-order valence-electron chi connectivity index (χ1n) is 5.42. The molecule has 94 valence electrons. The minimum Gasteiger partial charge on any atom is -0.480 e. The number of hydrogen-bond donors (Lipinski definition) is 1. The smallest absolute Gasteiger partial charge is 0.319 e. The van der Waals surface area contributed by atoms with E-state index in [0.29, 0.717) is 0 Å². The standard InChI is InChI=1S/C11H21NO3S/c1-5-6-7-12(4)9(13)8-16-11(2,3)10(14)15/h5-8H2,1-4H3,(H,14,15). The normalized spacial score (nSPS) is 11.2. The molecule has 0 spiro atoms. The van der Waals surface area contributed by atoms with Crippen LogP contribution in [0.15, 0.2) is 0 Å². The Balaban J connectivity index is 4.02. The molecule has 0 aromatic rings. The lowest BCUT2D eigenvalue weighted by molar-refractivity contribution is -0.138. The Labute approximate surface area is 101 Å². The first-order valence-corrected chi connectivity index (χ1v) is 6.41. The van der Waals surface area contributed by atoms with Crippen LogP contribution in [-0.4, -0.2) is 46.0 Å². The summed E-state index contributed by atoms with van der Waals surface area (Å²) in [6.45, 7) is 6.03. The van der Waals surface area contributed by atoms with Gasteiger partial charge in [0.1, 0.15) is 4.75 Å². The van der Waals surface area contributed by atoms with Gasteiger partial charge in [-0.25, -0.2) is 0 Å². The molecule has 0 rings (SSSR count). The molecule has 0 atom stereocenters. The molecule has 0 bridgehead atoms. The molecule has 0 saturated heterocycles. The number of unbranched alkanes of at least 4 members (excludes halogenated alkanes) is 1. The molecule has 4 nitrogen and oxygen atoms in total. The third kappa shape index (κ3) is 5.39. The molecule has 0 unspecified atom stereocenters. The van der Waals surface area contributed by atoms with Crippen LogP contribution in [0.4, 0.5) is 0 Å². The van der Waals surface area contributed by atoms with Gasteiger partial charge in [-0.05, 0) is 20.3 Å². The van der Waals surface area contributed by atoms with Crippen LogP contribution in [0, 0.1) is 0 Å². The highest BCUT2D eigenvalue weighted by atomic mass is 32.2. The topological polar surface area (TPSA) is 57.6 Å². The van der Waals surface area contributed by atoms with Crippen LogP contribution in [0.25, 0.3) is 0 Å². The minimum atomic E-state index is -0.902. The molecule has 16 heavy (non-hydrogen) atoms. The molecule has 0 fully saturated rings. The van der Waals surface area contributed by atoms with Gasteiger partial charge >= 0.3 is 5.97 Å². The van der Waals surface area contributed by atoms with Gasteiger partial charge in [-0.15, -0.1) is 11.8 Å². The summed E-state index contributed by atoms with van der Waals surface area (Å²) >= 11 is 1.17. The largest absolute Gasteiger partial charge is 0.480 e. The highest BCUT2D eigenvalue weighted by Crippen LogP contribution is 2.24. The van der Waals surface area contributed by atoms with E-state index in [9.17, 15) is 9.59 Å². The Bertz CT molecular complexity index is 254. The summed E-state index contributed by atoms with van der Waals surface area (Å²) in [7, 11) is 1.76. The van der Waals surface area contributed by atoms with E-state index in [4.69, 9.17) is 5.11 Å². The van der Waals surface area contributed by atoms with E-state index in [-0.39, 0.29) is 11.7 Å². The van der Waals surface area contributed by atoms with Gasteiger partial charge < -0.3 is 10.0 Å². The SMILES string of the molecule is CCCCN(C)C(=O)CSC(C)(C)C(=O)O. The van der Waals surface area contributed by atoms with Crippen molar-refractivity contribution in [1.29, 1.82) is 0 Å². The van der Waals surface area contributed by atoms with Gasteiger partial charge in [0.25, 0.3) is 0 Å². The molecule has 1 N–H and O–H groups in total. The number of hydrogen-bond acceptors (Lipinski definition) is 3. The maximum atomic E-state index is 11.6. The Morgan fingerprint density at radius 2 is 1.94 bits per heavy atom. The minimum absolute atomic E-state index is 0.00669. The quantitative estimate of drug-likeness (QED) is 0.746. The predicted octanol–water partition coefficient (Wildman–Crippen LogP) is 1.84. The van der Waals surface area contributed by atoms with Crippen molar-refractivity contribution in [3.63, 3.8) is 0 Å². The van der Waals surface area contributed by atoms with Gasteiger partial charge in [0.2, 0.25) is 5.91 Å². The van der Waals surface area contributed by atoms with Crippen LogP contribution in [0.2, 0.25) is 0 Å². The van der Waals surface area contributed by atoms with E-state index in [1.165, 1.54) is 11.8 Å². The Hall–Kier alpha value is -0.710. The van der Waals surface area contributed by atoms with Gasteiger partial charge in [0, 0.05) is 13.6 Å². The number of thioether (sulfide) groups is 1. The maximum absolute atomic E-state index is 11.6. The molecule has 5 heteroatoms. The first-order chi connectivity index (χ1) is 7.31. The number of amides is 1. The second-order valence-corrected chi connectivity index (χ2v) is 5.87. The zero-order valence-electron chi connectivity index (χ0n) is 10.4. The molecule has 0 aliphatic carbocycles. The summed E-state index contributed by atoms with van der Waals surface area (Å²) in [5.41, 5.74) is 0. The zero-order valence-corrected chi connectivity index (χ0v) is 11.3. The van der Waals surface area contributed by atoms with Crippen LogP contribution in [-0.2, 0) is 9.59 Å². The van der Waals surface area contributed by atoms with Crippen molar-refractivity contribution in [2.24, 2.45) is 0 Å². The Morgan fingerprint density at radius 3 is 2.38 bits per heavy atom. The predicted molar refractivity (Wildman–Crippen MR) is 66.7 cm³/mol. The van der Waals surface area contributed by atoms with Crippen LogP contribution >= 0.6 is 11.8 Å². The molecule has 0 aliphatic heterocycles. The summed E-state index contributed by atoms with van der Waals surface area (Å²) in [5.74, 6) is -0.672. The van der Waals surface area contributed by atoms with E-state index >= 15 is 0 Å². The molecule has 0 aromatic carbocycles. The van der Waals surface area contributed by atoms with Gasteiger partial charge in [-0.3, -0.25) is 9.59 Å². The van der Waals surface area contributed by atoms with E-state index < -0.39 is 10.7 Å². The van der Waals surface area contributed by atoms with Crippen LogP contribution in [0.1, 0.15) is 33.6 Å². The average molecular weight is 247 g/mol. The summed E-state index contributed by atoms with van der Waals surface area (Å²) in [4.78, 5) is 24.1. The second-order valence-electron chi connectivity index (χ2n) is 4.27. The molecular formula is C11H21NO3S. The Kier molecular flexibility index (Phi) is 6.48. The van der Waals surface area contributed by atoms with Crippen molar-refractivity contribution in [2.75, 3.05) is 19.3 Å². The first kappa shape index (κ1) is 15.3. The lowest BCUT2D eigenvalue weighted by Gasteiger charge is -2.21. The van der Waals surface area contributed by atoms with E-state index in [1.807, 2.05) is 0 Å². The molecule has 0 aromatic heterocycles. The number of rotatable bonds is 7. The van der Waals surface area contributed by atoms with E-state index in [0.717, 1.165) is 19.4 Å². The lowest BCUT2D eigenvalue weighted by atomic mass is 10.2. The van der Waals surface area contributed by atoms with Crippen molar-refractivity contribution in [2.45, 2.75) is 38.4 Å². The van der Waals surface area contributed by atoms with Crippen LogP contribution in [0.5, 0.6) is 0 Å². The molecular weight excluding hydrogens is 226 g/mol. The summed E-state index contributed by atoms with van der Waals surface area (Å²) in [5, 5.41) is 8.89. The fraction of sp³-hybridized carbons (Fsp3) is 0.818. The van der Waals surface area contributed by atoms with Gasteiger partial charge in [0.05, 0.1) is 5.75 Å². The number of carboxylic acid groups (broad SMARTS) is 1. The van der Waals surface area contributed by atoms with Crippen molar-refractivity contribution >= 4 is 23.6 Å². The number of aliphatic carboxylic acids is 1. The number of nitrogens with zero attached hydrogens (tertiary/aromatic N) is 1. The third-order valence-corrected chi connectivity index (χ3v) is 3.63. The molecule has 0 aliphatic rings. The molecule has 0 radical (unpaired) electrons. The number of carbonyl (C=O) groups excluding carboxylic acids is 1. The zero-order chi connectivity index (χ0) is 12.8. The molecule has 0 heterocycles. The average Bonchev–Trinajstić information content (AvgIpc) is 2.22. The van der Waals surface area contributed by atoms with Crippen molar-refractivity contribution < 1.29 is 14.7 Å². The van der Waals surface area contributed by atoms with E-state index in [2.05, 4.69) is 6.92 Å². The highest BCUT2D eigenvalue weighted by molar-refractivity contribution is 8.01. The van der Waals surface area contributed by atoms with Crippen molar-refractivity contribution in [3.8, 4) is 0 Å². The van der Waals surface area contributed by atoms with Gasteiger partial charge in [-0.2, -0.15) is 0 Å². The number of carboxylic acids is 1. The van der Waals surface area contributed by atoms with Gasteiger partial charge in [0.15, 0.2) is 0 Å². The highest BCUT2D eigenvalue weighted by Gasteiger charge is 2.28. The maximum Gasteiger partial charge on any atom is 0.319 e.